The molecule has 0 amide bonds. The first kappa shape index (κ1) is 18.2. The lowest BCUT2D eigenvalue weighted by Crippen LogP contribution is -2.12. The average Bonchev–Trinajstić information content (AvgIpc) is 2.86. The number of anilines is 2. The number of hydrogen-bond acceptors (Lipinski definition) is 5. The number of hydrogen-bond donors (Lipinski definition) is 2. The van der Waals surface area contributed by atoms with Crippen molar-refractivity contribution in [2.75, 3.05) is 11.1 Å². The maximum atomic E-state index is 13.0. The number of rotatable bonds is 3. The number of alkyl halides is 3. The highest BCUT2D eigenvalue weighted by atomic mass is 127. The molecule has 0 aliphatic rings. The topological polar surface area (TPSA) is 63.8 Å². The summed E-state index contributed by atoms with van der Waals surface area (Å²) in [6.07, 6.45) is -4.44. The van der Waals surface area contributed by atoms with Crippen LogP contribution < -0.4 is 11.1 Å². The van der Waals surface area contributed by atoms with Crippen LogP contribution >= 0.6 is 33.9 Å². The molecular formula is C16H14F3IN4S. The van der Waals surface area contributed by atoms with Crippen LogP contribution in [-0.4, -0.2) is 9.97 Å². The fourth-order valence-corrected chi connectivity index (χ4v) is 4.23. The van der Waals surface area contributed by atoms with E-state index in [1.807, 2.05) is 6.07 Å². The zero-order valence-electron chi connectivity index (χ0n) is 13.3. The molecule has 1 aromatic carbocycles. The number of nitrogens with zero attached hydrogens (tertiary/aromatic N) is 2. The van der Waals surface area contributed by atoms with Crippen LogP contribution in [0.2, 0.25) is 0 Å². The van der Waals surface area contributed by atoms with Gasteiger partial charge in [-0.15, -0.1) is 11.3 Å². The summed E-state index contributed by atoms with van der Waals surface area (Å²) in [6.45, 7) is 3.56. The third-order valence-corrected chi connectivity index (χ3v) is 5.42. The first-order valence-corrected chi connectivity index (χ1v) is 9.21. The quantitative estimate of drug-likeness (QED) is 0.392. The maximum absolute atomic E-state index is 13.0. The largest absolute Gasteiger partial charge is 0.416 e. The Morgan fingerprint density at radius 3 is 2.60 bits per heavy atom. The van der Waals surface area contributed by atoms with Crippen molar-refractivity contribution in [2.24, 2.45) is 0 Å². The zero-order valence-corrected chi connectivity index (χ0v) is 16.3. The molecule has 0 bridgehead atoms. The minimum Gasteiger partial charge on any atom is -0.399 e. The predicted molar refractivity (Wildman–Crippen MR) is 103 cm³/mol. The third kappa shape index (κ3) is 3.97. The number of aromatic nitrogens is 2. The number of thiophene rings is 1. The van der Waals surface area contributed by atoms with E-state index < -0.39 is 17.8 Å². The lowest BCUT2D eigenvalue weighted by atomic mass is 10.0. The van der Waals surface area contributed by atoms with Crippen LogP contribution in [0.3, 0.4) is 0 Å². The van der Waals surface area contributed by atoms with E-state index >= 15 is 0 Å². The molecule has 0 fully saturated rings. The molecule has 25 heavy (non-hydrogen) atoms. The van der Waals surface area contributed by atoms with Gasteiger partial charge < -0.3 is 11.1 Å². The van der Waals surface area contributed by atoms with E-state index in [4.69, 9.17) is 5.73 Å². The molecule has 0 radical (unpaired) electrons. The number of nitrogens with two attached hydrogens (primary N) is 1. The standard InChI is InChI=1S/C16H14F3IN4S/c1-7(9-3-10(16(17,18)19)5-11(21)4-9)22-14-12-6-13(20)25-15(12)24-8(2)23-14/h3-7H,21H2,1-2H3,(H,22,23,24)/t7-/m1/s1. The van der Waals surface area contributed by atoms with Crippen LogP contribution in [0.25, 0.3) is 10.2 Å². The molecule has 0 saturated heterocycles. The summed E-state index contributed by atoms with van der Waals surface area (Å²) in [6, 6.07) is 5.13. The van der Waals surface area contributed by atoms with Gasteiger partial charge in [-0.05, 0) is 66.3 Å². The molecule has 0 spiro atoms. The SMILES string of the molecule is Cc1nc(N[C@H](C)c2cc(N)cc(C(F)(F)F)c2)c2cc(I)sc2n1. The second kappa shape index (κ2) is 6.60. The van der Waals surface area contributed by atoms with Gasteiger partial charge in [0.2, 0.25) is 0 Å². The van der Waals surface area contributed by atoms with Crippen LogP contribution in [0.15, 0.2) is 24.3 Å². The monoisotopic (exact) mass is 478 g/mol. The Balaban J connectivity index is 1.98. The fraction of sp³-hybridized carbons (Fsp3) is 0.250. The fourth-order valence-electron chi connectivity index (χ4n) is 2.49. The molecule has 9 heteroatoms. The van der Waals surface area contributed by atoms with Gasteiger partial charge in [-0.1, -0.05) is 0 Å². The Kier molecular flexibility index (Phi) is 4.80. The van der Waals surface area contributed by atoms with Crippen LogP contribution in [-0.2, 0) is 6.18 Å². The molecule has 0 aliphatic carbocycles. The molecule has 0 aliphatic heterocycles. The Bertz CT molecular complexity index is 939. The number of aryl methyl sites for hydroxylation is 1. The van der Waals surface area contributed by atoms with Crippen LogP contribution in [0.4, 0.5) is 24.7 Å². The van der Waals surface area contributed by atoms with Gasteiger partial charge in [0.1, 0.15) is 16.5 Å². The minimum atomic E-state index is -4.44. The molecule has 3 aromatic rings. The van der Waals surface area contributed by atoms with Crippen molar-refractivity contribution in [2.45, 2.75) is 26.1 Å². The molecule has 0 unspecified atom stereocenters. The molecule has 4 nitrogen and oxygen atoms in total. The van der Waals surface area contributed by atoms with Crippen LogP contribution in [0.5, 0.6) is 0 Å². The first-order chi connectivity index (χ1) is 11.6. The zero-order chi connectivity index (χ0) is 18.4. The van der Waals surface area contributed by atoms with Gasteiger partial charge in [-0.2, -0.15) is 13.2 Å². The summed E-state index contributed by atoms with van der Waals surface area (Å²) >= 11 is 3.74. The summed E-state index contributed by atoms with van der Waals surface area (Å²) in [5, 5.41) is 4.04. The van der Waals surface area contributed by atoms with Gasteiger partial charge in [0.05, 0.1) is 19.9 Å². The summed E-state index contributed by atoms with van der Waals surface area (Å²) < 4.78 is 40.1. The molecule has 132 valence electrons. The van der Waals surface area contributed by atoms with Crippen molar-refractivity contribution in [3.05, 3.63) is 44.1 Å². The molecule has 2 aromatic heterocycles. The van der Waals surface area contributed by atoms with Gasteiger partial charge >= 0.3 is 6.18 Å². The Morgan fingerprint density at radius 1 is 1.20 bits per heavy atom. The van der Waals surface area contributed by atoms with Crippen molar-refractivity contribution < 1.29 is 13.2 Å². The second-order valence-electron chi connectivity index (χ2n) is 5.64. The van der Waals surface area contributed by atoms with E-state index in [1.165, 1.54) is 17.4 Å². The number of halogens is 4. The summed E-state index contributed by atoms with van der Waals surface area (Å²) in [7, 11) is 0. The Morgan fingerprint density at radius 2 is 1.92 bits per heavy atom. The smallest absolute Gasteiger partial charge is 0.399 e. The van der Waals surface area contributed by atoms with Crippen molar-refractivity contribution in [1.82, 2.24) is 9.97 Å². The van der Waals surface area contributed by atoms with Gasteiger partial charge in [0.15, 0.2) is 0 Å². The average molecular weight is 478 g/mol. The molecule has 1 atom stereocenters. The third-order valence-electron chi connectivity index (χ3n) is 3.63. The van der Waals surface area contributed by atoms with Crippen molar-refractivity contribution in [3.63, 3.8) is 0 Å². The number of benzene rings is 1. The lowest BCUT2D eigenvalue weighted by Gasteiger charge is -2.18. The number of nitrogens with one attached hydrogen (secondary N) is 1. The van der Waals surface area contributed by atoms with E-state index in [0.29, 0.717) is 17.2 Å². The van der Waals surface area contributed by atoms with E-state index in [1.54, 1.807) is 13.8 Å². The predicted octanol–water partition coefficient (Wildman–Crippen LogP) is 5.38. The first-order valence-electron chi connectivity index (χ1n) is 7.31. The van der Waals surface area contributed by atoms with E-state index in [2.05, 4.69) is 37.9 Å². The highest BCUT2D eigenvalue weighted by Crippen LogP contribution is 2.35. The Hall–Kier alpha value is -1.62. The highest BCUT2D eigenvalue weighted by molar-refractivity contribution is 14.1. The minimum absolute atomic E-state index is 0.0765. The molecule has 2 heterocycles. The van der Waals surface area contributed by atoms with Gasteiger partial charge in [-0.3, -0.25) is 0 Å². The maximum Gasteiger partial charge on any atom is 0.416 e. The summed E-state index contributed by atoms with van der Waals surface area (Å²) in [5.41, 5.74) is 5.42. The number of fused-ring (bicyclic) bond motifs is 1. The van der Waals surface area contributed by atoms with Gasteiger partial charge in [-0.25, -0.2) is 9.97 Å². The highest BCUT2D eigenvalue weighted by Gasteiger charge is 2.31. The Labute approximate surface area is 159 Å². The van der Waals surface area contributed by atoms with E-state index in [0.717, 1.165) is 25.2 Å². The van der Waals surface area contributed by atoms with E-state index in [9.17, 15) is 13.2 Å². The van der Waals surface area contributed by atoms with Gasteiger partial charge in [0, 0.05) is 5.69 Å². The van der Waals surface area contributed by atoms with Crippen molar-refractivity contribution in [1.29, 1.82) is 0 Å². The van der Waals surface area contributed by atoms with Crippen LogP contribution in [0.1, 0.15) is 29.9 Å². The second-order valence-corrected chi connectivity index (χ2v) is 8.57. The molecule has 3 N–H and O–H groups in total. The van der Waals surface area contributed by atoms with Crippen LogP contribution in [0, 0.1) is 9.81 Å². The molecule has 3 rings (SSSR count). The van der Waals surface area contributed by atoms with Crippen molar-refractivity contribution >= 4 is 55.6 Å². The molecular weight excluding hydrogens is 464 g/mol. The van der Waals surface area contributed by atoms with Crippen molar-refractivity contribution in [3.8, 4) is 0 Å². The number of nitrogen functional groups attached to an aromatic ring is 1. The summed E-state index contributed by atoms with van der Waals surface area (Å²) in [4.78, 5) is 9.64. The lowest BCUT2D eigenvalue weighted by molar-refractivity contribution is -0.137. The molecule has 0 saturated carbocycles. The summed E-state index contributed by atoms with van der Waals surface area (Å²) in [5.74, 6) is 1.20. The van der Waals surface area contributed by atoms with E-state index in [-0.39, 0.29) is 5.69 Å². The van der Waals surface area contributed by atoms with Gasteiger partial charge in [0.25, 0.3) is 0 Å². The normalized spacial score (nSPS) is 13.2.